The number of carbonyl (C=O) groups is 1. The predicted molar refractivity (Wildman–Crippen MR) is 153 cm³/mol. The Balaban J connectivity index is 1.19. The average Bonchev–Trinajstić information content (AvgIpc) is 2.93. The van der Waals surface area contributed by atoms with Crippen LogP contribution in [0.25, 0.3) is 0 Å². The van der Waals surface area contributed by atoms with E-state index in [1.54, 1.807) is 0 Å². The maximum absolute atomic E-state index is 12.8. The van der Waals surface area contributed by atoms with E-state index in [0.29, 0.717) is 27.7 Å². The summed E-state index contributed by atoms with van der Waals surface area (Å²) in [5.74, 6) is 1.50. The van der Waals surface area contributed by atoms with Crippen LogP contribution in [0.4, 0.5) is 11.5 Å². The molecule has 2 heterocycles. The number of hydrogen-bond donors (Lipinski definition) is 1. The van der Waals surface area contributed by atoms with Crippen molar-refractivity contribution in [3.05, 3.63) is 75.9 Å². The zero-order chi connectivity index (χ0) is 25.6. The third kappa shape index (κ3) is 6.89. The molecule has 1 amide bonds. The summed E-state index contributed by atoms with van der Waals surface area (Å²) in [6.07, 6.45) is 5.81. The monoisotopic (exact) mass is 555 g/mol. The summed E-state index contributed by atoms with van der Waals surface area (Å²) in [6, 6.07) is 17.9. The van der Waals surface area contributed by atoms with Crippen LogP contribution >= 0.6 is 35.0 Å². The molecule has 37 heavy (non-hydrogen) atoms. The van der Waals surface area contributed by atoms with Crippen molar-refractivity contribution in [1.29, 1.82) is 0 Å². The van der Waals surface area contributed by atoms with Crippen LogP contribution in [0.15, 0.2) is 59.8 Å². The lowest BCUT2D eigenvalue weighted by molar-refractivity contribution is 0.0927. The van der Waals surface area contributed by atoms with Gasteiger partial charge in [0.1, 0.15) is 11.0 Å². The molecule has 1 saturated carbocycles. The van der Waals surface area contributed by atoms with Gasteiger partial charge in [-0.1, -0.05) is 78.5 Å². The molecule has 2 aliphatic rings. The number of nitrogens with zero attached hydrogens (tertiary/aromatic N) is 4. The number of thioether (sulfide) groups is 1. The van der Waals surface area contributed by atoms with E-state index in [-0.39, 0.29) is 5.91 Å². The topological polar surface area (TPSA) is 61.4 Å². The van der Waals surface area contributed by atoms with E-state index in [1.807, 2.05) is 48.5 Å². The number of amides is 1. The molecule has 1 aliphatic heterocycles. The molecule has 6 nitrogen and oxygen atoms in total. The summed E-state index contributed by atoms with van der Waals surface area (Å²) in [7, 11) is 0. The van der Waals surface area contributed by atoms with E-state index in [9.17, 15) is 4.79 Å². The number of anilines is 2. The van der Waals surface area contributed by atoms with Crippen LogP contribution < -0.4 is 15.1 Å². The normalized spacial score (nSPS) is 16.6. The number of rotatable bonds is 7. The van der Waals surface area contributed by atoms with Gasteiger partial charge in [-0.05, 0) is 42.7 Å². The van der Waals surface area contributed by atoms with Gasteiger partial charge in [0.25, 0.3) is 5.91 Å². The second-order valence-electron chi connectivity index (χ2n) is 9.55. The molecule has 1 aliphatic carbocycles. The molecule has 0 atom stereocenters. The van der Waals surface area contributed by atoms with Crippen LogP contribution in [0.5, 0.6) is 0 Å². The molecule has 0 unspecified atom stereocenters. The van der Waals surface area contributed by atoms with Crippen molar-refractivity contribution in [2.45, 2.75) is 49.1 Å². The lowest BCUT2D eigenvalue weighted by atomic mass is 9.95. The van der Waals surface area contributed by atoms with E-state index in [0.717, 1.165) is 61.1 Å². The Morgan fingerprint density at radius 2 is 1.68 bits per heavy atom. The Kier molecular flexibility index (Phi) is 8.74. The van der Waals surface area contributed by atoms with Crippen molar-refractivity contribution in [2.24, 2.45) is 0 Å². The fourth-order valence-corrected chi connectivity index (χ4v) is 6.24. The van der Waals surface area contributed by atoms with Gasteiger partial charge in [-0.3, -0.25) is 4.79 Å². The van der Waals surface area contributed by atoms with E-state index in [2.05, 4.69) is 26.2 Å². The van der Waals surface area contributed by atoms with Gasteiger partial charge in [0, 0.05) is 49.6 Å². The second kappa shape index (κ2) is 12.4. The van der Waals surface area contributed by atoms with Crippen LogP contribution in [0.3, 0.4) is 0 Å². The molecule has 0 bridgehead atoms. The molecule has 1 saturated heterocycles. The summed E-state index contributed by atoms with van der Waals surface area (Å²) in [4.78, 5) is 26.5. The fourth-order valence-electron chi connectivity index (χ4n) is 4.96. The van der Waals surface area contributed by atoms with Gasteiger partial charge < -0.3 is 15.1 Å². The Morgan fingerprint density at radius 1 is 0.919 bits per heavy atom. The maximum Gasteiger partial charge on any atom is 0.251 e. The highest BCUT2D eigenvalue weighted by atomic mass is 35.5. The predicted octanol–water partition coefficient (Wildman–Crippen LogP) is 6.46. The van der Waals surface area contributed by atoms with Crippen LogP contribution in [-0.4, -0.2) is 48.1 Å². The second-order valence-corrected chi connectivity index (χ2v) is 11.3. The Bertz CT molecular complexity index is 1230. The van der Waals surface area contributed by atoms with Gasteiger partial charge in [0.05, 0.1) is 10.7 Å². The quantitative estimate of drug-likeness (QED) is 0.205. The lowest BCUT2D eigenvalue weighted by Crippen LogP contribution is -2.47. The molecule has 2 fully saturated rings. The average molecular weight is 557 g/mol. The number of halogens is 2. The van der Waals surface area contributed by atoms with Crippen molar-refractivity contribution in [3.63, 3.8) is 0 Å². The Morgan fingerprint density at radius 3 is 2.46 bits per heavy atom. The molecule has 1 aromatic heterocycles. The molecule has 194 valence electrons. The van der Waals surface area contributed by atoms with Crippen molar-refractivity contribution in [3.8, 4) is 0 Å². The standard InChI is InChI=1S/C28H31Cl2N5OS/c29-23-11-4-5-12-24(23)34-13-15-35(16-14-34)26-18-25(30)32-28(33-26)37-19-20-7-6-8-21(17-20)27(36)31-22-9-2-1-3-10-22/h4-8,11-12,17-18,22H,1-3,9-10,13-16,19H2,(H,31,36). The molecule has 0 spiro atoms. The molecular weight excluding hydrogens is 525 g/mol. The summed E-state index contributed by atoms with van der Waals surface area (Å²) in [5, 5.41) is 5.04. The number of nitrogens with one attached hydrogen (secondary N) is 1. The first-order valence-corrected chi connectivity index (χ1v) is 14.6. The number of para-hydroxylation sites is 1. The number of carbonyl (C=O) groups excluding carboxylic acids is 1. The van der Waals surface area contributed by atoms with Crippen molar-refractivity contribution >= 4 is 52.4 Å². The Hall–Kier alpha value is -2.48. The molecular formula is C28H31Cl2N5OS. The molecule has 9 heteroatoms. The first kappa shape index (κ1) is 26.1. The van der Waals surface area contributed by atoms with Gasteiger partial charge in [-0.25, -0.2) is 9.97 Å². The Labute approximate surface area is 232 Å². The highest BCUT2D eigenvalue weighted by molar-refractivity contribution is 7.98. The van der Waals surface area contributed by atoms with Gasteiger partial charge in [-0.2, -0.15) is 0 Å². The van der Waals surface area contributed by atoms with Gasteiger partial charge in [-0.15, -0.1) is 0 Å². The first-order valence-electron chi connectivity index (χ1n) is 12.9. The van der Waals surface area contributed by atoms with Crippen LogP contribution in [0.1, 0.15) is 48.0 Å². The molecule has 5 rings (SSSR count). The maximum atomic E-state index is 12.8. The number of piperazine rings is 1. The molecule has 0 radical (unpaired) electrons. The van der Waals surface area contributed by atoms with Crippen LogP contribution in [0, 0.1) is 0 Å². The van der Waals surface area contributed by atoms with E-state index >= 15 is 0 Å². The lowest BCUT2D eigenvalue weighted by Gasteiger charge is -2.37. The SMILES string of the molecule is O=C(NC1CCCCC1)c1cccc(CSc2nc(Cl)cc(N3CCN(c4ccccc4Cl)CC3)n2)c1. The minimum absolute atomic E-state index is 0.0102. The summed E-state index contributed by atoms with van der Waals surface area (Å²) >= 11 is 14.3. The zero-order valence-electron chi connectivity index (χ0n) is 20.7. The highest BCUT2D eigenvalue weighted by Gasteiger charge is 2.21. The molecule has 2 aromatic carbocycles. The third-order valence-electron chi connectivity index (χ3n) is 6.96. The zero-order valence-corrected chi connectivity index (χ0v) is 23.0. The van der Waals surface area contributed by atoms with Crippen molar-refractivity contribution < 1.29 is 4.79 Å². The molecule has 3 aromatic rings. The number of benzene rings is 2. The van der Waals surface area contributed by atoms with E-state index in [4.69, 9.17) is 28.2 Å². The van der Waals surface area contributed by atoms with Crippen LogP contribution in [0.2, 0.25) is 10.2 Å². The van der Waals surface area contributed by atoms with Crippen LogP contribution in [-0.2, 0) is 5.75 Å². The van der Waals surface area contributed by atoms with Crippen molar-refractivity contribution in [2.75, 3.05) is 36.0 Å². The van der Waals surface area contributed by atoms with Gasteiger partial charge in [0.2, 0.25) is 0 Å². The first-order chi connectivity index (χ1) is 18.0. The summed E-state index contributed by atoms with van der Waals surface area (Å²) < 4.78 is 0. The number of aromatic nitrogens is 2. The number of hydrogen-bond acceptors (Lipinski definition) is 6. The highest BCUT2D eigenvalue weighted by Crippen LogP contribution is 2.29. The molecule has 1 N–H and O–H groups in total. The largest absolute Gasteiger partial charge is 0.367 e. The smallest absolute Gasteiger partial charge is 0.251 e. The van der Waals surface area contributed by atoms with E-state index in [1.165, 1.54) is 31.0 Å². The van der Waals surface area contributed by atoms with E-state index < -0.39 is 0 Å². The minimum Gasteiger partial charge on any atom is -0.367 e. The van der Waals surface area contributed by atoms with Gasteiger partial charge in [0.15, 0.2) is 5.16 Å². The van der Waals surface area contributed by atoms with Gasteiger partial charge >= 0.3 is 0 Å². The summed E-state index contributed by atoms with van der Waals surface area (Å²) in [5.41, 5.74) is 2.82. The summed E-state index contributed by atoms with van der Waals surface area (Å²) in [6.45, 7) is 3.34. The third-order valence-corrected chi connectivity index (χ3v) is 8.39. The van der Waals surface area contributed by atoms with Crippen molar-refractivity contribution in [1.82, 2.24) is 15.3 Å². The minimum atomic E-state index is 0.0102. The fraction of sp³-hybridized carbons (Fsp3) is 0.393.